The Hall–Kier alpha value is -2.25. The Morgan fingerprint density at radius 1 is 1.18 bits per heavy atom. The van der Waals surface area contributed by atoms with Crippen LogP contribution in [0.15, 0.2) is 29.1 Å². The smallest absolute Gasteiger partial charge is 0.262 e. The van der Waals surface area contributed by atoms with Crippen LogP contribution in [0.4, 0.5) is 0 Å². The number of hydrogen-bond acceptors (Lipinski definition) is 5. The molecule has 7 heteroatoms. The van der Waals surface area contributed by atoms with Crippen LogP contribution in [0.5, 0.6) is 0 Å². The first-order valence-electron chi connectivity index (χ1n) is 10.3. The number of piperidine rings is 1. The van der Waals surface area contributed by atoms with Crippen molar-refractivity contribution in [3.05, 3.63) is 40.4 Å². The molecule has 28 heavy (non-hydrogen) atoms. The Morgan fingerprint density at radius 3 is 2.64 bits per heavy atom. The SMILES string of the molecule is CCn1c(=O)c2ccccc2n2c(CN3CCC(OCC(C)C)CC3)nnc12. The maximum absolute atomic E-state index is 12.8. The van der Waals surface area contributed by atoms with Crippen molar-refractivity contribution in [1.82, 2.24) is 24.1 Å². The van der Waals surface area contributed by atoms with Crippen LogP contribution in [0.3, 0.4) is 0 Å². The number of para-hydroxylation sites is 1. The van der Waals surface area contributed by atoms with E-state index >= 15 is 0 Å². The summed E-state index contributed by atoms with van der Waals surface area (Å²) in [7, 11) is 0. The number of likely N-dealkylation sites (tertiary alicyclic amines) is 1. The Bertz CT molecular complexity index is 1010. The summed E-state index contributed by atoms with van der Waals surface area (Å²) in [4.78, 5) is 15.2. The zero-order valence-corrected chi connectivity index (χ0v) is 17.0. The number of aryl methyl sites for hydroxylation is 1. The van der Waals surface area contributed by atoms with Crippen LogP contribution in [0, 0.1) is 5.92 Å². The number of hydrogen-bond donors (Lipinski definition) is 0. The lowest BCUT2D eigenvalue weighted by Gasteiger charge is -2.31. The van der Waals surface area contributed by atoms with Crippen LogP contribution in [0.25, 0.3) is 16.7 Å². The van der Waals surface area contributed by atoms with Gasteiger partial charge in [-0.05, 0) is 37.8 Å². The molecule has 3 heterocycles. The van der Waals surface area contributed by atoms with E-state index in [1.807, 2.05) is 35.6 Å². The summed E-state index contributed by atoms with van der Waals surface area (Å²) < 4.78 is 9.74. The Morgan fingerprint density at radius 2 is 1.93 bits per heavy atom. The maximum Gasteiger partial charge on any atom is 0.262 e. The van der Waals surface area contributed by atoms with Gasteiger partial charge in [-0.25, -0.2) is 0 Å². The van der Waals surface area contributed by atoms with Gasteiger partial charge in [-0.2, -0.15) is 0 Å². The molecular formula is C21H29N5O2. The fourth-order valence-corrected chi connectivity index (χ4v) is 3.96. The topological polar surface area (TPSA) is 64.7 Å². The summed E-state index contributed by atoms with van der Waals surface area (Å²) in [6, 6.07) is 7.72. The molecule has 1 saturated heterocycles. The second kappa shape index (κ2) is 8.01. The first-order valence-corrected chi connectivity index (χ1v) is 10.3. The molecule has 0 aliphatic carbocycles. The molecule has 3 aromatic rings. The third-order valence-corrected chi connectivity index (χ3v) is 5.46. The van der Waals surface area contributed by atoms with Gasteiger partial charge in [-0.1, -0.05) is 26.0 Å². The molecule has 0 radical (unpaired) electrons. The number of fused-ring (bicyclic) bond motifs is 3. The van der Waals surface area contributed by atoms with E-state index in [1.54, 1.807) is 4.57 Å². The second-order valence-corrected chi connectivity index (χ2v) is 8.02. The minimum Gasteiger partial charge on any atom is -0.378 e. The van der Waals surface area contributed by atoms with Crippen LogP contribution in [-0.2, 0) is 17.8 Å². The van der Waals surface area contributed by atoms with Crippen molar-refractivity contribution < 1.29 is 4.74 Å². The van der Waals surface area contributed by atoms with E-state index in [2.05, 4.69) is 28.9 Å². The van der Waals surface area contributed by atoms with E-state index in [0.29, 0.717) is 29.7 Å². The molecule has 1 fully saturated rings. The monoisotopic (exact) mass is 383 g/mol. The lowest BCUT2D eigenvalue weighted by atomic mass is 10.1. The van der Waals surface area contributed by atoms with Crippen LogP contribution in [-0.4, -0.2) is 49.9 Å². The van der Waals surface area contributed by atoms with E-state index in [-0.39, 0.29) is 5.56 Å². The van der Waals surface area contributed by atoms with Gasteiger partial charge in [0.1, 0.15) is 0 Å². The molecule has 1 aliphatic rings. The number of nitrogens with zero attached hydrogens (tertiary/aromatic N) is 5. The van der Waals surface area contributed by atoms with Crippen molar-refractivity contribution >= 4 is 16.7 Å². The van der Waals surface area contributed by atoms with E-state index in [4.69, 9.17) is 4.74 Å². The average Bonchev–Trinajstić information content (AvgIpc) is 3.11. The summed E-state index contributed by atoms with van der Waals surface area (Å²) in [6.45, 7) is 10.4. The van der Waals surface area contributed by atoms with Gasteiger partial charge in [0.2, 0.25) is 5.78 Å². The highest BCUT2D eigenvalue weighted by Crippen LogP contribution is 2.19. The Kier molecular flexibility index (Phi) is 5.46. The predicted molar refractivity (Wildman–Crippen MR) is 110 cm³/mol. The van der Waals surface area contributed by atoms with Gasteiger partial charge in [-0.3, -0.25) is 18.7 Å². The Labute approximate surface area is 164 Å². The third kappa shape index (κ3) is 3.56. The normalized spacial score (nSPS) is 16.6. The molecule has 0 N–H and O–H groups in total. The van der Waals surface area contributed by atoms with Crippen molar-refractivity contribution in [3.8, 4) is 0 Å². The van der Waals surface area contributed by atoms with Crippen LogP contribution in [0.1, 0.15) is 39.4 Å². The lowest BCUT2D eigenvalue weighted by molar-refractivity contribution is -0.00628. The highest BCUT2D eigenvalue weighted by molar-refractivity contribution is 5.80. The highest BCUT2D eigenvalue weighted by Gasteiger charge is 2.23. The highest BCUT2D eigenvalue weighted by atomic mass is 16.5. The molecule has 0 saturated carbocycles. The minimum absolute atomic E-state index is 0.00679. The maximum atomic E-state index is 12.8. The van der Waals surface area contributed by atoms with Crippen molar-refractivity contribution in [3.63, 3.8) is 0 Å². The van der Waals surface area contributed by atoms with Crippen molar-refractivity contribution in [2.45, 2.75) is 52.8 Å². The summed E-state index contributed by atoms with van der Waals surface area (Å²) in [5.41, 5.74) is 0.870. The standard InChI is InChI=1S/C21H29N5O2/c1-4-25-20(27)17-7-5-6-8-18(17)26-19(22-23-21(25)26)13-24-11-9-16(10-12-24)28-14-15(2)3/h5-8,15-16H,4,9-14H2,1-3H3. The van der Waals surface area contributed by atoms with Crippen LogP contribution >= 0.6 is 0 Å². The third-order valence-electron chi connectivity index (χ3n) is 5.46. The van der Waals surface area contributed by atoms with Crippen LogP contribution < -0.4 is 5.56 Å². The first kappa shape index (κ1) is 19.1. The molecule has 0 spiro atoms. The summed E-state index contributed by atoms with van der Waals surface area (Å²) in [5, 5.41) is 9.51. The van der Waals surface area contributed by atoms with Gasteiger partial charge in [-0.15, -0.1) is 10.2 Å². The fraction of sp³-hybridized carbons (Fsp3) is 0.571. The quantitative estimate of drug-likeness (QED) is 0.655. The van der Waals surface area contributed by atoms with Crippen molar-refractivity contribution in [2.24, 2.45) is 5.92 Å². The summed E-state index contributed by atoms with van der Waals surface area (Å²) >= 11 is 0. The van der Waals surface area contributed by atoms with Crippen molar-refractivity contribution in [1.29, 1.82) is 0 Å². The van der Waals surface area contributed by atoms with Gasteiger partial charge in [0.05, 0.1) is 23.6 Å². The van der Waals surface area contributed by atoms with Crippen LogP contribution in [0.2, 0.25) is 0 Å². The van der Waals surface area contributed by atoms with E-state index in [9.17, 15) is 4.79 Å². The van der Waals surface area contributed by atoms with Gasteiger partial charge in [0, 0.05) is 26.2 Å². The molecule has 0 atom stereocenters. The fourth-order valence-electron chi connectivity index (χ4n) is 3.96. The number of benzene rings is 1. The van der Waals surface area contributed by atoms with Gasteiger partial charge >= 0.3 is 0 Å². The van der Waals surface area contributed by atoms with E-state index in [0.717, 1.165) is 50.4 Å². The number of aromatic nitrogens is 4. The van der Waals surface area contributed by atoms with E-state index in [1.165, 1.54) is 0 Å². The molecule has 7 nitrogen and oxygen atoms in total. The number of ether oxygens (including phenoxy) is 1. The largest absolute Gasteiger partial charge is 0.378 e. The van der Waals surface area contributed by atoms with Gasteiger partial charge in [0.25, 0.3) is 5.56 Å². The van der Waals surface area contributed by atoms with Gasteiger partial charge in [0.15, 0.2) is 5.82 Å². The van der Waals surface area contributed by atoms with Gasteiger partial charge < -0.3 is 4.74 Å². The molecule has 0 bridgehead atoms. The molecule has 0 amide bonds. The molecule has 150 valence electrons. The molecular weight excluding hydrogens is 354 g/mol. The lowest BCUT2D eigenvalue weighted by Crippen LogP contribution is -2.37. The number of rotatable bonds is 6. The molecule has 2 aromatic heterocycles. The minimum atomic E-state index is -0.00679. The molecule has 1 aromatic carbocycles. The Balaban J connectivity index is 1.59. The molecule has 0 unspecified atom stereocenters. The zero-order chi connectivity index (χ0) is 19.7. The summed E-state index contributed by atoms with van der Waals surface area (Å²) in [6.07, 6.45) is 2.45. The van der Waals surface area contributed by atoms with Crippen molar-refractivity contribution in [2.75, 3.05) is 19.7 Å². The second-order valence-electron chi connectivity index (χ2n) is 8.02. The molecule has 1 aliphatic heterocycles. The molecule has 4 rings (SSSR count). The zero-order valence-electron chi connectivity index (χ0n) is 17.0. The first-order chi connectivity index (χ1) is 13.6. The van der Waals surface area contributed by atoms with E-state index < -0.39 is 0 Å². The average molecular weight is 383 g/mol. The predicted octanol–water partition coefficient (Wildman–Crippen LogP) is 2.70. The summed E-state index contributed by atoms with van der Waals surface area (Å²) in [5.74, 6) is 2.08.